The molecule has 0 fully saturated rings. The number of pyridine rings is 1. The third-order valence-electron chi connectivity index (χ3n) is 2.84. The fourth-order valence-corrected chi connectivity index (χ4v) is 1.72. The van der Waals surface area contributed by atoms with Gasteiger partial charge in [0.15, 0.2) is 0 Å². The summed E-state index contributed by atoms with van der Waals surface area (Å²) < 4.78 is 5.58. The van der Waals surface area contributed by atoms with Crippen LogP contribution in [-0.2, 0) is 0 Å². The number of hydrogen-bond donors (Lipinski definition) is 1. The van der Waals surface area contributed by atoms with E-state index in [4.69, 9.17) is 4.74 Å². The summed E-state index contributed by atoms with van der Waals surface area (Å²) in [5, 5.41) is 13.9. The van der Waals surface area contributed by atoms with Crippen molar-refractivity contribution in [2.75, 3.05) is 31.4 Å². The Bertz CT molecular complexity index is 658. The molecule has 1 aromatic carbocycles. The molecular formula is C14H16N4O3. The third-order valence-corrected chi connectivity index (χ3v) is 2.84. The summed E-state index contributed by atoms with van der Waals surface area (Å²) in [5.74, 6) is 0.951. The number of anilines is 2. The van der Waals surface area contributed by atoms with Gasteiger partial charge in [-0.3, -0.25) is 10.1 Å². The van der Waals surface area contributed by atoms with Crippen molar-refractivity contribution in [2.45, 2.75) is 0 Å². The molecule has 0 aliphatic rings. The number of benzene rings is 1. The lowest BCUT2D eigenvalue weighted by atomic mass is 10.3. The summed E-state index contributed by atoms with van der Waals surface area (Å²) in [7, 11) is 5.49. The first-order valence-electron chi connectivity index (χ1n) is 6.29. The van der Waals surface area contributed by atoms with Crippen molar-refractivity contribution in [3.05, 3.63) is 46.5 Å². The smallest absolute Gasteiger partial charge is 0.331 e. The normalized spacial score (nSPS) is 10.0. The highest BCUT2D eigenvalue weighted by atomic mass is 16.6. The van der Waals surface area contributed by atoms with E-state index < -0.39 is 4.92 Å². The zero-order chi connectivity index (χ0) is 15.4. The number of nitrogens with zero attached hydrogens (tertiary/aromatic N) is 3. The van der Waals surface area contributed by atoms with Crippen LogP contribution in [0.25, 0.3) is 0 Å². The number of aromatic nitrogens is 1. The molecule has 0 bridgehead atoms. The highest BCUT2D eigenvalue weighted by Crippen LogP contribution is 2.31. The van der Waals surface area contributed by atoms with Gasteiger partial charge in [0, 0.05) is 39.0 Å². The van der Waals surface area contributed by atoms with E-state index in [0.717, 1.165) is 5.69 Å². The summed E-state index contributed by atoms with van der Waals surface area (Å²) in [4.78, 5) is 16.5. The summed E-state index contributed by atoms with van der Waals surface area (Å²) in [6.07, 6.45) is 0. The zero-order valence-electron chi connectivity index (χ0n) is 12.0. The van der Waals surface area contributed by atoms with Crippen molar-refractivity contribution >= 4 is 17.2 Å². The molecule has 2 rings (SSSR count). The molecule has 1 heterocycles. The second-order valence-corrected chi connectivity index (χ2v) is 4.52. The maximum absolute atomic E-state index is 11.0. The molecule has 7 heteroatoms. The molecule has 7 nitrogen and oxygen atoms in total. The zero-order valence-corrected chi connectivity index (χ0v) is 12.0. The molecule has 0 unspecified atom stereocenters. The first kappa shape index (κ1) is 14.6. The van der Waals surface area contributed by atoms with E-state index in [1.807, 2.05) is 31.1 Å². The van der Waals surface area contributed by atoms with E-state index in [1.54, 1.807) is 19.2 Å². The molecule has 0 aliphatic carbocycles. The molecule has 0 atom stereocenters. The number of nitrogens with one attached hydrogen (secondary N) is 1. The Hall–Kier alpha value is -2.83. The van der Waals surface area contributed by atoms with Crippen LogP contribution in [-0.4, -0.2) is 31.1 Å². The van der Waals surface area contributed by atoms with Crippen LogP contribution < -0.4 is 15.0 Å². The monoisotopic (exact) mass is 288 g/mol. The molecule has 0 saturated heterocycles. The first-order valence-corrected chi connectivity index (χ1v) is 6.29. The van der Waals surface area contributed by atoms with Gasteiger partial charge >= 0.3 is 11.6 Å². The van der Waals surface area contributed by atoms with Crippen molar-refractivity contribution in [1.82, 2.24) is 4.98 Å². The van der Waals surface area contributed by atoms with Gasteiger partial charge in [0.05, 0.1) is 4.92 Å². The van der Waals surface area contributed by atoms with Gasteiger partial charge < -0.3 is 15.0 Å². The Morgan fingerprint density at radius 3 is 2.67 bits per heavy atom. The van der Waals surface area contributed by atoms with Crippen molar-refractivity contribution < 1.29 is 9.66 Å². The van der Waals surface area contributed by atoms with Crippen molar-refractivity contribution in [3.8, 4) is 11.6 Å². The average molecular weight is 288 g/mol. The predicted molar refractivity (Wildman–Crippen MR) is 81.3 cm³/mol. The maximum atomic E-state index is 11.0. The van der Waals surface area contributed by atoms with Gasteiger partial charge in [0.2, 0.25) is 0 Å². The highest BCUT2D eigenvalue weighted by Gasteiger charge is 2.18. The van der Waals surface area contributed by atoms with E-state index in [2.05, 4.69) is 10.3 Å². The SMILES string of the molecule is CNc1ccc([N+](=O)[O-])c(Oc2cccc(N(C)C)c2)n1. The fraction of sp³-hybridized carbons (Fsp3) is 0.214. The van der Waals surface area contributed by atoms with E-state index in [-0.39, 0.29) is 11.6 Å². The molecule has 1 N–H and O–H groups in total. The van der Waals surface area contributed by atoms with Crippen molar-refractivity contribution in [2.24, 2.45) is 0 Å². The standard InChI is InChI=1S/C14H16N4O3/c1-15-13-8-7-12(18(19)20)14(16-13)21-11-6-4-5-10(9-11)17(2)3/h4-9H,1-3H3,(H,15,16). The summed E-state index contributed by atoms with van der Waals surface area (Å²) >= 11 is 0. The lowest BCUT2D eigenvalue weighted by Gasteiger charge is -2.13. The van der Waals surface area contributed by atoms with E-state index in [1.165, 1.54) is 12.1 Å². The van der Waals surface area contributed by atoms with Gasteiger partial charge in [0.25, 0.3) is 0 Å². The molecule has 0 spiro atoms. The van der Waals surface area contributed by atoms with E-state index >= 15 is 0 Å². The molecule has 1 aromatic heterocycles. The summed E-state index contributed by atoms with van der Waals surface area (Å²) in [6, 6.07) is 10.1. The Morgan fingerprint density at radius 1 is 1.29 bits per heavy atom. The largest absolute Gasteiger partial charge is 0.434 e. The van der Waals surface area contributed by atoms with Crippen LogP contribution in [0.4, 0.5) is 17.2 Å². The van der Waals surface area contributed by atoms with Crippen molar-refractivity contribution in [1.29, 1.82) is 0 Å². The number of nitro groups is 1. The molecule has 0 amide bonds. The number of rotatable bonds is 5. The van der Waals surface area contributed by atoms with Gasteiger partial charge in [-0.15, -0.1) is 0 Å². The molecule has 21 heavy (non-hydrogen) atoms. The number of hydrogen-bond acceptors (Lipinski definition) is 6. The van der Waals surface area contributed by atoms with E-state index in [9.17, 15) is 10.1 Å². The van der Waals surface area contributed by atoms with Crippen LogP contribution in [0.2, 0.25) is 0 Å². The van der Waals surface area contributed by atoms with Crippen LogP contribution in [0.3, 0.4) is 0 Å². The molecule has 0 aliphatic heterocycles. The minimum absolute atomic E-state index is 0.0391. The summed E-state index contributed by atoms with van der Waals surface area (Å²) in [5.41, 5.74) is 0.754. The van der Waals surface area contributed by atoms with Crippen LogP contribution in [0.5, 0.6) is 11.6 Å². The fourth-order valence-electron chi connectivity index (χ4n) is 1.72. The van der Waals surface area contributed by atoms with Gasteiger partial charge in [-0.1, -0.05) is 6.07 Å². The van der Waals surface area contributed by atoms with Gasteiger partial charge in [0.1, 0.15) is 11.6 Å². The maximum Gasteiger partial charge on any atom is 0.331 e. The lowest BCUT2D eigenvalue weighted by molar-refractivity contribution is -0.386. The van der Waals surface area contributed by atoms with Gasteiger partial charge in [-0.25, -0.2) is 0 Å². The van der Waals surface area contributed by atoms with Crippen LogP contribution in [0, 0.1) is 10.1 Å². The molecule has 2 aromatic rings. The van der Waals surface area contributed by atoms with Gasteiger partial charge in [-0.05, 0) is 18.2 Å². The second kappa shape index (κ2) is 6.08. The quantitative estimate of drug-likeness (QED) is 0.673. The van der Waals surface area contributed by atoms with E-state index in [0.29, 0.717) is 11.6 Å². The third kappa shape index (κ3) is 3.38. The Kier molecular flexibility index (Phi) is 4.22. The van der Waals surface area contributed by atoms with Crippen LogP contribution in [0.15, 0.2) is 36.4 Å². The Labute approximate surface area is 122 Å². The Morgan fingerprint density at radius 2 is 2.05 bits per heavy atom. The van der Waals surface area contributed by atoms with Crippen molar-refractivity contribution in [3.63, 3.8) is 0 Å². The number of ether oxygens (including phenoxy) is 1. The van der Waals surface area contributed by atoms with Crippen LogP contribution >= 0.6 is 0 Å². The topological polar surface area (TPSA) is 80.5 Å². The molecule has 110 valence electrons. The second-order valence-electron chi connectivity index (χ2n) is 4.52. The minimum Gasteiger partial charge on any atom is -0.434 e. The Balaban J connectivity index is 2.38. The lowest BCUT2D eigenvalue weighted by Crippen LogP contribution is -2.08. The summed E-state index contributed by atoms with van der Waals surface area (Å²) in [6.45, 7) is 0. The molecule has 0 radical (unpaired) electrons. The van der Waals surface area contributed by atoms with Gasteiger partial charge in [-0.2, -0.15) is 4.98 Å². The highest BCUT2D eigenvalue weighted by molar-refractivity contribution is 5.53. The minimum atomic E-state index is -0.516. The predicted octanol–water partition coefficient (Wildman–Crippen LogP) is 2.89. The van der Waals surface area contributed by atoms with Crippen LogP contribution in [0.1, 0.15) is 0 Å². The molecular weight excluding hydrogens is 272 g/mol. The molecule has 0 saturated carbocycles. The first-order chi connectivity index (χ1) is 10.0. The average Bonchev–Trinajstić information content (AvgIpc) is 2.47.